The molecule has 3 nitrogen and oxygen atoms in total. The largest absolute Gasteiger partial charge is 0.388 e. The molecule has 2 N–H and O–H groups in total. The van der Waals surface area contributed by atoms with Gasteiger partial charge in [0, 0.05) is 6.54 Å². The number of hydrogen-bond acceptors (Lipinski definition) is 2. The lowest BCUT2D eigenvalue weighted by Crippen LogP contribution is -2.45. The lowest BCUT2D eigenvalue weighted by molar-refractivity contribution is -0.122. The summed E-state index contributed by atoms with van der Waals surface area (Å²) in [7, 11) is 0. The molecule has 0 atom stereocenters. The Morgan fingerprint density at radius 3 is 2.70 bits per heavy atom. The number of hydrogen-bond donors (Lipinski definition) is 2. The molecule has 2 rings (SSSR count). The molecule has 1 fully saturated rings. The minimum absolute atomic E-state index is 0.0131. The molecule has 1 aromatic carbocycles. The van der Waals surface area contributed by atoms with Crippen LogP contribution in [0.5, 0.6) is 0 Å². The lowest BCUT2D eigenvalue weighted by Gasteiger charge is -2.34. The standard InChI is InChI=1S/C16H22FNO2/c1-12-6-8-16(20,9-7-12)11-18-15(19)10-13-4-2-3-5-14(13)17/h2-5,12,20H,6-11H2,1H3,(H,18,19). The van der Waals surface area contributed by atoms with Gasteiger partial charge in [0.05, 0.1) is 12.0 Å². The van der Waals surface area contributed by atoms with Crippen LogP contribution in [0.2, 0.25) is 0 Å². The Hall–Kier alpha value is -1.42. The summed E-state index contributed by atoms with van der Waals surface area (Å²) in [6.07, 6.45) is 3.42. The average molecular weight is 279 g/mol. The summed E-state index contributed by atoms with van der Waals surface area (Å²) in [4.78, 5) is 11.8. The van der Waals surface area contributed by atoms with Crippen LogP contribution in [0.25, 0.3) is 0 Å². The van der Waals surface area contributed by atoms with Crippen molar-refractivity contribution in [3.63, 3.8) is 0 Å². The van der Waals surface area contributed by atoms with E-state index in [4.69, 9.17) is 0 Å². The summed E-state index contributed by atoms with van der Waals surface area (Å²) in [5.74, 6) is 0.0272. The van der Waals surface area contributed by atoms with Gasteiger partial charge in [0.25, 0.3) is 0 Å². The van der Waals surface area contributed by atoms with Gasteiger partial charge < -0.3 is 10.4 Å². The quantitative estimate of drug-likeness (QED) is 0.889. The Kier molecular flexibility index (Phi) is 4.76. The van der Waals surface area contributed by atoms with Gasteiger partial charge in [-0.05, 0) is 43.2 Å². The number of carbonyl (C=O) groups excluding carboxylic acids is 1. The van der Waals surface area contributed by atoms with E-state index in [1.54, 1.807) is 18.2 Å². The van der Waals surface area contributed by atoms with Crippen LogP contribution in [0.4, 0.5) is 4.39 Å². The van der Waals surface area contributed by atoms with Crippen LogP contribution >= 0.6 is 0 Å². The van der Waals surface area contributed by atoms with Gasteiger partial charge in [0.1, 0.15) is 5.82 Å². The second-order valence-corrected chi connectivity index (χ2v) is 5.95. The molecule has 1 aliphatic carbocycles. The number of halogens is 1. The van der Waals surface area contributed by atoms with Gasteiger partial charge in [-0.25, -0.2) is 4.39 Å². The van der Waals surface area contributed by atoms with Crippen LogP contribution in [-0.4, -0.2) is 23.2 Å². The monoisotopic (exact) mass is 279 g/mol. The van der Waals surface area contributed by atoms with E-state index < -0.39 is 5.60 Å². The van der Waals surface area contributed by atoms with Crippen LogP contribution in [0, 0.1) is 11.7 Å². The Bertz CT molecular complexity index is 467. The summed E-state index contributed by atoms with van der Waals surface area (Å²) in [5, 5.41) is 13.1. The molecule has 1 aromatic rings. The highest BCUT2D eigenvalue weighted by Gasteiger charge is 2.31. The molecule has 1 amide bonds. The van der Waals surface area contributed by atoms with E-state index in [2.05, 4.69) is 12.2 Å². The molecule has 0 radical (unpaired) electrons. The van der Waals surface area contributed by atoms with Crippen LogP contribution in [-0.2, 0) is 11.2 Å². The molecule has 0 aliphatic heterocycles. The molecule has 1 aliphatic rings. The summed E-state index contributed by atoms with van der Waals surface area (Å²) in [5.41, 5.74) is -0.411. The van der Waals surface area contributed by atoms with Crippen LogP contribution in [0.1, 0.15) is 38.2 Å². The maximum atomic E-state index is 13.4. The third-order valence-corrected chi connectivity index (χ3v) is 4.13. The van der Waals surface area contributed by atoms with E-state index >= 15 is 0 Å². The van der Waals surface area contributed by atoms with Crippen molar-refractivity contribution >= 4 is 5.91 Å². The van der Waals surface area contributed by atoms with Crippen molar-refractivity contribution in [2.75, 3.05) is 6.54 Å². The first-order valence-corrected chi connectivity index (χ1v) is 7.21. The van der Waals surface area contributed by atoms with Crippen molar-refractivity contribution in [2.45, 2.75) is 44.6 Å². The minimum atomic E-state index is -0.794. The van der Waals surface area contributed by atoms with E-state index in [0.29, 0.717) is 24.3 Å². The van der Waals surface area contributed by atoms with Crippen molar-refractivity contribution in [3.05, 3.63) is 35.6 Å². The zero-order chi connectivity index (χ0) is 14.6. The SMILES string of the molecule is CC1CCC(O)(CNC(=O)Cc2ccccc2F)CC1. The average Bonchev–Trinajstić information content (AvgIpc) is 2.43. The molecule has 0 unspecified atom stereocenters. The highest BCUT2D eigenvalue weighted by molar-refractivity contribution is 5.78. The number of carbonyl (C=O) groups is 1. The molecule has 0 bridgehead atoms. The number of rotatable bonds is 4. The maximum Gasteiger partial charge on any atom is 0.224 e. The second kappa shape index (κ2) is 6.35. The molecule has 20 heavy (non-hydrogen) atoms. The minimum Gasteiger partial charge on any atom is -0.388 e. The molecule has 4 heteroatoms. The van der Waals surface area contributed by atoms with E-state index in [-0.39, 0.29) is 24.7 Å². The second-order valence-electron chi connectivity index (χ2n) is 5.95. The Morgan fingerprint density at radius 1 is 1.40 bits per heavy atom. The van der Waals surface area contributed by atoms with Crippen LogP contribution in [0.15, 0.2) is 24.3 Å². The van der Waals surface area contributed by atoms with Crippen molar-refractivity contribution in [1.29, 1.82) is 0 Å². The van der Waals surface area contributed by atoms with E-state index in [9.17, 15) is 14.3 Å². The summed E-state index contributed by atoms with van der Waals surface area (Å²) in [6.45, 7) is 2.43. The van der Waals surface area contributed by atoms with Crippen molar-refractivity contribution in [2.24, 2.45) is 5.92 Å². The van der Waals surface area contributed by atoms with Gasteiger partial charge in [0.15, 0.2) is 0 Å². The number of amides is 1. The molecule has 110 valence electrons. The Labute approximate surface area is 119 Å². The first-order valence-electron chi connectivity index (χ1n) is 7.21. The van der Waals surface area contributed by atoms with E-state index in [0.717, 1.165) is 12.8 Å². The molecular weight excluding hydrogens is 257 g/mol. The van der Waals surface area contributed by atoms with Crippen LogP contribution < -0.4 is 5.32 Å². The third kappa shape index (κ3) is 4.04. The van der Waals surface area contributed by atoms with Gasteiger partial charge >= 0.3 is 0 Å². The number of benzene rings is 1. The van der Waals surface area contributed by atoms with Crippen molar-refractivity contribution < 1.29 is 14.3 Å². The summed E-state index contributed by atoms with van der Waals surface area (Å²) >= 11 is 0. The fourth-order valence-electron chi connectivity index (χ4n) is 2.62. The summed E-state index contributed by atoms with van der Waals surface area (Å²) < 4.78 is 13.4. The number of aliphatic hydroxyl groups is 1. The summed E-state index contributed by atoms with van der Waals surface area (Å²) in [6, 6.07) is 6.26. The predicted molar refractivity (Wildman–Crippen MR) is 75.7 cm³/mol. The topological polar surface area (TPSA) is 49.3 Å². The fraction of sp³-hybridized carbons (Fsp3) is 0.562. The van der Waals surface area contributed by atoms with Gasteiger partial charge in [-0.3, -0.25) is 4.79 Å². The van der Waals surface area contributed by atoms with Crippen LogP contribution in [0.3, 0.4) is 0 Å². The van der Waals surface area contributed by atoms with Crippen molar-refractivity contribution in [1.82, 2.24) is 5.32 Å². The van der Waals surface area contributed by atoms with E-state index in [1.165, 1.54) is 6.07 Å². The first-order chi connectivity index (χ1) is 9.48. The molecular formula is C16H22FNO2. The highest BCUT2D eigenvalue weighted by Crippen LogP contribution is 2.31. The fourth-order valence-corrected chi connectivity index (χ4v) is 2.62. The smallest absolute Gasteiger partial charge is 0.224 e. The number of nitrogens with one attached hydrogen (secondary N) is 1. The van der Waals surface area contributed by atoms with Gasteiger partial charge in [0.2, 0.25) is 5.91 Å². The maximum absolute atomic E-state index is 13.4. The van der Waals surface area contributed by atoms with Gasteiger partial charge in [-0.1, -0.05) is 25.1 Å². The molecule has 1 saturated carbocycles. The molecule has 0 aromatic heterocycles. The zero-order valence-electron chi connectivity index (χ0n) is 11.9. The lowest BCUT2D eigenvalue weighted by atomic mass is 9.79. The van der Waals surface area contributed by atoms with Gasteiger partial charge in [-0.15, -0.1) is 0 Å². The predicted octanol–water partition coefficient (Wildman–Crippen LogP) is 2.43. The zero-order valence-corrected chi connectivity index (χ0v) is 11.9. The Morgan fingerprint density at radius 2 is 2.05 bits per heavy atom. The highest BCUT2D eigenvalue weighted by atomic mass is 19.1. The molecule has 0 spiro atoms. The third-order valence-electron chi connectivity index (χ3n) is 4.13. The Balaban J connectivity index is 1.82. The molecule has 0 saturated heterocycles. The normalized spacial score (nSPS) is 26.2. The van der Waals surface area contributed by atoms with Crippen molar-refractivity contribution in [3.8, 4) is 0 Å². The molecule has 0 heterocycles. The van der Waals surface area contributed by atoms with E-state index in [1.807, 2.05) is 0 Å². The van der Waals surface area contributed by atoms with Gasteiger partial charge in [-0.2, -0.15) is 0 Å². The first kappa shape index (κ1) is 15.0.